The lowest BCUT2D eigenvalue weighted by atomic mass is 10.1. The number of hydrogen-bond acceptors (Lipinski definition) is 3. The van der Waals surface area contributed by atoms with Crippen LogP contribution in [0.4, 0.5) is 4.79 Å². The van der Waals surface area contributed by atoms with Gasteiger partial charge in [0.25, 0.3) is 0 Å². The highest BCUT2D eigenvalue weighted by Crippen LogP contribution is 2.07. The van der Waals surface area contributed by atoms with Gasteiger partial charge in [0.2, 0.25) is 0 Å². The van der Waals surface area contributed by atoms with Gasteiger partial charge in [-0.15, -0.1) is 6.58 Å². The SMILES string of the molecule is C=CC.O=C(O)O.O=C(O)c1ccccc1C(=O)O. The summed E-state index contributed by atoms with van der Waals surface area (Å²) in [4.78, 5) is 29.5. The lowest BCUT2D eigenvalue weighted by Crippen LogP contribution is -2.06. The molecule has 0 radical (unpaired) electrons. The molecule has 104 valence electrons. The van der Waals surface area contributed by atoms with Crippen molar-refractivity contribution in [2.45, 2.75) is 6.92 Å². The normalized spacial score (nSPS) is 7.84. The minimum atomic E-state index is -1.83. The van der Waals surface area contributed by atoms with Gasteiger partial charge in [-0.2, -0.15) is 0 Å². The van der Waals surface area contributed by atoms with Crippen molar-refractivity contribution >= 4 is 18.1 Å². The molecule has 0 aliphatic rings. The topological polar surface area (TPSA) is 132 Å². The van der Waals surface area contributed by atoms with E-state index >= 15 is 0 Å². The molecule has 0 amide bonds. The molecule has 7 nitrogen and oxygen atoms in total. The predicted molar refractivity (Wildman–Crippen MR) is 66.9 cm³/mol. The average Bonchev–Trinajstić information content (AvgIpc) is 2.29. The maximum atomic E-state index is 10.5. The molecule has 0 saturated carbocycles. The first-order valence-corrected chi connectivity index (χ1v) is 4.82. The van der Waals surface area contributed by atoms with Gasteiger partial charge in [-0.1, -0.05) is 18.2 Å². The monoisotopic (exact) mass is 270 g/mol. The minimum absolute atomic E-state index is 0.190. The van der Waals surface area contributed by atoms with Gasteiger partial charge < -0.3 is 20.4 Å². The van der Waals surface area contributed by atoms with Crippen molar-refractivity contribution in [2.24, 2.45) is 0 Å². The predicted octanol–water partition coefficient (Wildman–Crippen LogP) is 2.50. The zero-order valence-electron chi connectivity index (χ0n) is 10.1. The van der Waals surface area contributed by atoms with Crippen LogP contribution in [0.2, 0.25) is 0 Å². The van der Waals surface area contributed by atoms with E-state index in [1.54, 1.807) is 6.08 Å². The maximum absolute atomic E-state index is 10.5. The van der Waals surface area contributed by atoms with E-state index in [0.717, 1.165) is 0 Å². The lowest BCUT2D eigenvalue weighted by molar-refractivity contribution is 0.0651. The van der Waals surface area contributed by atoms with E-state index in [9.17, 15) is 9.59 Å². The molecule has 0 saturated heterocycles. The van der Waals surface area contributed by atoms with Crippen molar-refractivity contribution in [2.75, 3.05) is 0 Å². The molecule has 0 aliphatic carbocycles. The molecule has 0 aromatic heterocycles. The first kappa shape index (κ1) is 18.5. The summed E-state index contributed by atoms with van der Waals surface area (Å²) in [6, 6.07) is 5.48. The summed E-state index contributed by atoms with van der Waals surface area (Å²) in [5.74, 6) is -2.46. The molecule has 0 unspecified atom stereocenters. The van der Waals surface area contributed by atoms with Crippen molar-refractivity contribution in [3.05, 3.63) is 48.0 Å². The molecule has 0 atom stereocenters. The fraction of sp³-hybridized carbons (Fsp3) is 0.0833. The standard InChI is InChI=1S/C8H6O4.C3H6.CH2O3/c9-7(10)5-3-1-2-4-6(5)8(11)12;1-3-2;2-1(3)4/h1-4H,(H,9,10)(H,11,12);3H,1H2,2H3;(H2,2,3,4). The van der Waals surface area contributed by atoms with Gasteiger partial charge in [-0.3, -0.25) is 0 Å². The Bertz CT molecular complexity index is 414. The Morgan fingerprint density at radius 2 is 1.16 bits per heavy atom. The van der Waals surface area contributed by atoms with E-state index < -0.39 is 18.1 Å². The van der Waals surface area contributed by atoms with Gasteiger partial charge >= 0.3 is 18.1 Å². The Hall–Kier alpha value is -2.83. The van der Waals surface area contributed by atoms with Gasteiger partial charge in [-0.05, 0) is 19.1 Å². The molecule has 0 aliphatic heterocycles. The van der Waals surface area contributed by atoms with Crippen LogP contribution in [0.15, 0.2) is 36.9 Å². The molecular weight excluding hydrogens is 256 g/mol. The number of allylic oxidation sites excluding steroid dienone is 1. The summed E-state index contributed by atoms with van der Waals surface area (Å²) in [6.07, 6.45) is -0.0833. The molecule has 19 heavy (non-hydrogen) atoms. The van der Waals surface area contributed by atoms with Crippen LogP contribution in [0, 0.1) is 0 Å². The molecule has 1 rings (SSSR count). The largest absolute Gasteiger partial charge is 0.503 e. The number of carboxylic acid groups (broad SMARTS) is 4. The van der Waals surface area contributed by atoms with Crippen LogP contribution in [0.5, 0.6) is 0 Å². The first-order chi connectivity index (χ1) is 8.77. The van der Waals surface area contributed by atoms with Crippen molar-refractivity contribution in [1.29, 1.82) is 0 Å². The smallest absolute Gasteiger partial charge is 0.478 e. The van der Waals surface area contributed by atoms with Crippen molar-refractivity contribution in [1.82, 2.24) is 0 Å². The highest BCUT2D eigenvalue weighted by atomic mass is 16.6. The van der Waals surface area contributed by atoms with Crippen LogP contribution in [0.1, 0.15) is 27.6 Å². The van der Waals surface area contributed by atoms with E-state index in [1.165, 1.54) is 24.3 Å². The van der Waals surface area contributed by atoms with Crippen LogP contribution < -0.4 is 0 Å². The van der Waals surface area contributed by atoms with E-state index in [4.69, 9.17) is 25.2 Å². The van der Waals surface area contributed by atoms with Crippen molar-refractivity contribution in [3.63, 3.8) is 0 Å². The molecule has 0 spiro atoms. The number of carboxylic acids is 2. The molecule has 4 N–H and O–H groups in total. The maximum Gasteiger partial charge on any atom is 0.503 e. The fourth-order valence-electron chi connectivity index (χ4n) is 0.856. The fourth-order valence-corrected chi connectivity index (χ4v) is 0.856. The Kier molecular flexibility index (Phi) is 10.1. The van der Waals surface area contributed by atoms with Gasteiger partial charge in [0, 0.05) is 0 Å². The van der Waals surface area contributed by atoms with E-state index in [-0.39, 0.29) is 11.1 Å². The van der Waals surface area contributed by atoms with Crippen LogP contribution >= 0.6 is 0 Å². The zero-order valence-corrected chi connectivity index (χ0v) is 10.1. The number of benzene rings is 1. The number of aromatic carboxylic acids is 2. The Labute approximate surface area is 109 Å². The van der Waals surface area contributed by atoms with E-state index in [0.29, 0.717) is 0 Å². The Morgan fingerprint density at radius 3 is 1.32 bits per heavy atom. The van der Waals surface area contributed by atoms with Gasteiger partial charge in [-0.25, -0.2) is 14.4 Å². The minimum Gasteiger partial charge on any atom is -0.478 e. The number of rotatable bonds is 2. The highest BCUT2D eigenvalue weighted by Gasteiger charge is 2.13. The molecule has 1 aromatic carbocycles. The average molecular weight is 270 g/mol. The Balaban J connectivity index is 0. The molecule has 1 aromatic rings. The highest BCUT2D eigenvalue weighted by molar-refractivity contribution is 6.01. The summed E-state index contributed by atoms with van der Waals surface area (Å²) >= 11 is 0. The number of carbonyl (C=O) groups is 3. The van der Waals surface area contributed by atoms with Gasteiger partial charge in [0.15, 0.2) is 0 Å². The van der Waals surface area contributed by atoms with Crippen LogP contribution in [-0.4, -0.2) is 38.5 Å². The summed E-state index contributed by atoms with van der Waals surface area (Å²) in [6.45, 7) is 5.25. The molecule has 7 heteroatoms. The van der Waals surface area contributed by atoms with Crippen molar-refractivity contribution in [3.8, 4) is 0 Å². The molecule has 0 bridgehead atoms. The quantitative estimate of drug-likeness (QED) is 0.607. The van der Waals surface area contributed by atoms with Gasteiger partial charge in [0.1, 0.15) is 0 Å². The van der Waals surface area contributed by atoms with E-state index in [2.05, 4.69) is 6.58 Å². The van der Waals surface area contributed by atoms with Crippen molar-refractivity contribution < 1.29 is 34.8 Å². The molecular formula is C12H14O7. The number of hydrogen-bond donors (Lipinski definition) is 4. The summed E-state index contributed by atoms with van der Waals surface area (Å²) in [7, 11) is 0. The van der Waals surface area contributed by atoms with Crippen LogP contribution in [-0.2, 0) is 0 Å². The summed E-state index contributed by atoms with van der Waals surface area (Å²) in [5.41, 5.74) is -0.380. The Morgan fingerprint density at radius 1 is 0.947 bits per heavy atom. The van der Waals surface area contributed by atoms with Gasteiger partial charge in [0.05, 0.1) is 11.1 Å². The molecule has 0 fully saturated rings. The third-order valence-corrected chi connectivity index (χ3v) is 1.39. The van der Waals surface area contributed by atoms with E-state index in [1.807, 2.05) is 6.92 Å². The lowest BCUT2D eigenvalue weighted by Gasteiger charge is -1.98. The summed E-state index contributed by atoms with van der Waals surface area (Å²) < 4.78 is 0. The second kappa shape index (κ2) is 10.3. The van der Waals surface area contributed by atoms with Crippen LogP contribution in [0.3, 0.4) is 0 Å². The molecule has 0 heterocycles. The zero-order chi connectivity index (χ0) is 15.4. The first-order valence-electron chi connectivity index (χ1n) is 4.82. The van der Waals surface area contributed by atoms with Crippen LogP contribution in [0.25, 0.3) is 0 Å². The third-order valence-electron chi connectivity index (χ3n) is 1.39. The third kappa shape index (κ3) is 10.1. The second-order valence-electron chi connectivity index (χ2n) is 2.85. The summed E-state index contributed by atoms with van der Waals surface area (Å²) in [5, 5.41) is 31.0. The second-order valence-corrected chi connectivity index (χ2v) is 2.85.